The van der Waals surface area contributed by atoms with Gasteiger partial charge in [-0.3, -0.25) is 9.59 Å². The molecule has 2 aromatic rings. The number of rotatable bonds is 5. The van der Waals surface area contributed by atoms with E-state index in [0.29, 0.717) is 11.1 Å². The Bertz CT molecular complexity index is 764. The summed E-state index contributed by atoms with van der Waals surface area (Å²) in [6.07, 6.45) is 0. The summed E-state index contributed by atoms with van der Waals surface area (Å²) in [5, 5.41) is 5.31. The van der Waals surface area contributed by atoms with Gasteiger partial charge in [0.1, 0.15) is 5.82 Å². The average Bonchev–Trinajstić information content (AvgIpc) is 2.55. The SMILES string of the molecule is Cc1ccccc1C(=O)NCC(=O)N[C@H](C)c1ccc(F)c(Cl)c1. The van der Waals surface area contributed by atoms with Gasteiger partial charge in [0.25, 0.3) is 5.91 Å². The van der Waals surface area contributed by atoms with Gasteiger partial charge in [-0.2, -0.15) is 0 Å². The quantitative estimate of drug-likeness (QED) is 0.870. The second-order valence-electron chi connectivity index (χ2n) is 5.46. The molecular weight excluding hydrogens is 331 g/mol. The molecule has 1 atom stereocenters. The lowest BCUT2D eigenvalue weighted by atomic mass is 10.1. The molecule has 0 fully saturated rings. The molecule has 2 N–H and O–H groups in total. The van der Waals surface area contributed by atoms with Gasteiger partial charge in [0.05, 0.1) is 17.6 Å². The molecule has 6 heteroatoms. The van der Waals surface area contributed by atoms with Crippen molar-refractivity contribution >= 4 is 23.4 Å². The zero-order valence-electron chi connectivity index (χ0n) is 13.4. The zero-order valence-corrected chi connectivity index (χ0v) is 14.2. The van der Waals surface area contributed by atoms with Crippen LogP contribution < -0.4 is 10.6 Å². The largest absolute Gasteiger partial charge is 0.348 e. The average molecular weight is 349 g/mol. The fraction of sp³-hybridized carbons (Fsp3) is 0.222. The molecule has 0 aliphatic carbocycles. The summed E-state index contributed by atoms with van der Waals surface area (Å²) < 4.78 is 13.2. The summed E-state index contributed by atoms with van der Waals surface area (Å²) in [5.41, 5.74) is 2.05. The standard InChI is InChI=1S/C18H18ClFN2O2/c1-11-5-3-4-6-14(11)18(24)21-10-17(23)22-12(2)13-7-8-16(20)15(19)9-13/h3-9,12H,10H2,1-2H3,(H,21,24)(H,22,23)/t12-/m1/s1. The fourth-order valence-corrected chi connectivity index (χ4v) is 2.43. The highest BCUT2D eigenvalue weighted by atomic mass is 35.5. The van der Waals surface area contributed by atoms with Crippen LogP contribution in [0.15, 0.2) is 42.5 Å². The predicted octanol–water partition coefficient (Wildman–Crippen LogP) is 3.39. The third-order valence-electron chi connectivity index (χ3n) is 3.62. The van der Waals surface area contributed by atoms with Crippen molar-refractivity contribution in [3.8, 4) is 0 Å². The van der Waals surface area contributed by atoms with Crippen molar-refractivity contribution in [2.24, 2.45) is 0 Å². The number of aryl methyl sites for hydroxylation is 1. The van der Waals surface area contributed by atoms with Crippen LogP contribution in [0.3, 0.4) is 0 Å². The molecule has 0 saturated heterocycles. The van der Waals surface area contributed by atoms with Crippen molar-refractivity contribution in [1.29, 1.82) is 0 Å². The van der Waals surface area contributed by atoms with E-state index in [2.05, 4.69) is 10.6 Å². The first-order valence-electron chi connectivity index (χ1n) is 7.46. The minimum absolute atomic E-state index is 0.00135. The molecule has 0 aliphatic heterocycles. The Hall–Kier alpha value is -2.40. The number of carbonyl (C=O) groups excluding carboxylic acids is 2. The van der Waals surface area contributed by atoms with Crippen LogP contribution in [0.2, 0.25) is 5.02 Å². The Balaban J connectivity index is 1.90. The molecule has 0 saturated carbocycles. The Labute approximate surface area is 145 Å². The highest BCUT2D eigenvalue weighted by molar-refractivity contribution is 6.30. The monoisotopic (exact) mass is 348 g/mol. The molecule has 0 heterocycles. The zero-order chi connectivity index (χ0) is 17.7. The van der Waals surface area contributed by atoms with Gasteiger partial charge < -0.3 is 10.6 Å². The maximum absolute atomic E-state index is 13.2. The van der Waals surface area contributed by atoms with E-state index in [0.717, 1.165) is 5.56 Å². The molecule has 0 aromatic heterocycles. The van der Waals surface area contributed by atoms with Gasteiger partial charge in [0, 0.05) is 5.56 Å². The van der Waals surface area contributed by atoms with Crippen molar-refractivity contribution in [3.63, 3.8) is 0 Å². The smallest absolute Gasteiger partial charge is 0.251 e. The highest BCUT2D eigenvalue weighted by Gasteiger charge is 2.13. The van der Waals surface area contributed by atoms with Crippen LogP contribution in [0.5, 0.6) is 0 Å². The number of hydrogen-bond donors (Lipinski definition) is 2. The molecule has 0 radical (unpaired) electrons. The van der Waals surface area contributed by atoms with Gasteiger partial charge in [-0.1, -0.05) is 35.9 Å². The molecule has 2 aromatic carbocycles. The maximum atomic E-state index is 13.2. The lowest BCUT2D eigenvalue weighted by Crippen LogP contribution is -2.38. The Morgan fingerprint density at radius 1 is 1.21 bits per heavy atom. The molecule has 24 heavy (non-hydrogen) atoms. The molecule has 2 rings (SSSR count). The molecule has 0 spiro atoms. The van der Waals surface area contributed by atoms with Crippen LogP contribution in [0.4, 0.5) is 4.39 Å². The van der Waals surface area contributed by atoms with Crippen molar-refractivity contribution in [2.45, 2.75) is 19.9 Å². The Morgan fingerprint density at radius 3 is 2.58 bits per heavy atom. The van der Waals surface area contributed by atoms with Crippen molar-refractivity contribution < 1.29 is 14.0 Å². The van der Waals surface area contributed by atoms with E-state index >= 15 is 0 Å². The lowest BCUT2D eigenvalue weighted by molar-refractivity contribution is -0.120. The Kier molecular flexibility index (Phi) is 5.93. The summed E-state index contributed by atoms with van der Waals surface area (Å²) in [6.45, 7) is 3.44. The number of nitrogens with one attached hydrogen (secondary N) is 2. The minimum atomic E-state index is -0.510. The maximum Gasteiger partial charge on any atom is 0.251 e. The van der Waals surface area contributed by atoms with E-state index in [1.165, 1.54) is 12.1 Å². The molecule has 4 nitrogen and oxygen atoms in total. The van der Waals surface area contributed by atoms with Crippen molar-refractivity contribution in [2.75, 3.05) is 6.54 Å². The minimum Gasteiger partial charge on any atom is -0.348 e. The van der Waals surface area contributed by atoms with Gasteiger partial charge in [0.15, 0.2) is 0 Å². The van der Waals surface area contributed by atoms with E-state index in [4.69, 9.17) is 11.6 Å². The van der Waals surface area contributed by atoms with E-state index in [9.17, 15) is 14.0 Å². The fourth-order valence-electron chi connectivity index (χ4n) is 2.24. The summed E-state index contributed by atoms with van der Waals surface area (Å²) in [5.74, 6) is -1.16. The molecule has 0 bridgehead atoms. The summed E-state index contributed by atoms with van der Waals surface area (Å²) >= 11 is 5.74. The molecular formula is C18H18ClFN2O2. The lowest BCUT2D eigenvalue weighted by Gasteiger charge is -2.15. The van der Waals surface area contributed by atoms with Crippen LogP contribution in [-0.4, -0.2) is 18.4 Å². The number of amides is 2. The van der Waals surface area contributed by atoms with E-state index in [1.807, 2.05) is 19.1 Å². The van der Waals surface area contributed by atoms with Crippen LogP contribution in [0.1, 0.15) is 34.5 Å². The predicted molar refractivity (Wildman–Crippen MR) is 91.5 cm³/mol. The van der Waals surface area contributed by atoms with Crippen LogP contribution in [0.25, 0.3) is 0 Å². The van der Waals surface area contributed by atoms with Crippen molar-refractivity contribution in [3.05, 3.63) is 70.0 Å². The van der Waals surface area contributed by atoms with Gasteiger partial charge in [-0.05, 0) is 43.2 Å². The van der Waals surface area contributed by atoms with Crippen LogP contribution >= 0.6 is 11.6 Å². The molecule has 2 amide bonds. The van der Waals surface area contributed by atoms with E-state index in [-0.39, 0.29) is 29.4 Å². The third kappa shape index (κ3) is 4.55. The first-order valence-corrected chi connectivity index (χ1v) is 7.84. The number of halogens is 2. The first-order chi connectivity index (χ1) is 11.4. The van der Waals surface area contributed by atoms with Crippen LogP contribution in [0, 0.1) is 12.7 Å². The second kappa shape index (κ2) is 7.93. The summed E-state index contributed by atoms with van der Waals surface area (Å²) in [7, 11) is 0. The first kappa shape index (κ1) is 17.9. The van der Waals surface area contributed by atoms with Gasteiger partial charge in [-0.25, -0.2) is 4.39 Å². The molecule has 126 valence electrons. The normalized spacial score (nSPS) is 11.7. The van der Waals surface area contributed by atoms with Gasteiger partial charge in [0.2, 0.25) is 5.91 Å². The van der Waals surface area contributed by atoms with Crippen molar-refractivity contribution in [1.82, 2.24) is 10.6 Å². The number of hydrogen-bond acceptors (Lipinski definition) is 2. The summed E-state index contributed by atoms with van der Waals surface area (Å²) in [6, 6.07) is 11.1. The number of carbonyl (C=O) groups is 2. The van der Waals surface area contributed by atoms with Crippen LogP contribution in [-0.2, 0) is 4.79 Å². The Morgan fingerprint density at radius 2 is 1.92 bits per heavy atom. The number of benzene rings is 2. The summed E-state index contributed by atoms with van der Waals surface area (Å²) in [4.78, 5) is 24.0. The topological polar surface area (TPSA) is 58.2 Å². The molecule has 0 unspecified atom stereocenters. The van der Waals surface area contributed by atoms with Gasteiger partial charge in [-0.15, -0.1) is 0 Å². The molecule has 0 aliphatic rings. The third-order valence-corrected chi connectivity index (χ3v) is 3.91. The highest BCUT2D eigenvalue weighted by Crippen LogP contribution is 2.20. The van der Waals surface area contributed by atoms with E-state index < -0.39 is 5.82 Å². The van der Waals surface area contributed by atoms with Gasteiger partial charge >= 0.3 is 0 Å². The second-order valence-corrected chi connectivity index (χ2v) is 5.87. The van der Waals surface area contributed by atoms with E-state index in [1.54, 1.807) is 25.1 Å².